The highest BCUT2D eigenvalue weighted by molar-refractivity contribution is 7.92. The van der Waals surface area contributed by atoms with Gasteiger partial charge < -0.3 is 10.1 Å². The quantitative estimate of drug-likeness (QED) is 0.680. The summed E-state index contributed by atoms with van der Waals surface area (Å²) in [4.78, 5) is 0. The highest BCUT2D eigenvalue weighted by Crippen LogP contribution is 2.28. The van der Waals surface area contributed by atoms with Crippen LogP contribution in [0.1, 0.15) is 27.2 Å². The van der Waals surface area contributed by atoms with Gasteiger partial charge in [-0.15, -0.1) is 0 Å². The third kappa shape index (κ3) is 2.26. The number of ether oxygens (including phenoxy) is 1. The number of sulfone groups is 1. The zero-order valence-corrected chi connectivity index (χ0v) is 11.0. The van der Waals surface area contributed by atoms with Gasteiger partial charge >= 0.3 is 0 Å². The number of hydrogen-bond acceptors (Lipinski definition) is 4. The minimum absolute atomic E-state index is 0.0636. The average molecular weight is 247 g/mol. The van der Waals surface area contributed by atoms with E-state index in [1.54, 1.807) is 0 Å². The molecular formula is C11H21NO3S. The van der Waals surface area contributed by atoms with Crippen molar-refractivity contribution in [3.8, 4) is 0 Å². The molecule has 0 bridgehead atoms. The second-order valence-electron chi connectivity index (χ2n) is 5.30. The average Bonchev–Trinajstić information content (AvgIpc) is 2.21. The molecule has 2 aliphatic rings. The van der Waals surface area contributed by atoms with Crippen molar-refractivity contribution >= 4 is 9.84 Å². The van der Waals surface area contributed by atoms with Gasteiger partial charge in [-0.2, -0.15) is 0 Å². The molecule has 2 aliphatic heterocycles. The molecule has 2 heterocycles. The summed E-state index contributed by atoms with van der Waals surface area (Å²) in [6.45, 7) is 6.66. The second-order valence-corrected chi connectivity index (χ2v) is 7.50. The fourth-order valence-electron chi connectivity index (χ4n) is 2.98. The first kappa shape index (κ1) is 12.3. The lowest BCUT2D eigenvalue weighted by molar-refractivity contribution is -0.0384. The largest absolute Gasteiger partial charge is 0.374 e. The summed E-state index contributed by atoms with van der Waals surface area (Å²) in [6, 6.07) is 0.0636. The molecule has 0 spiro atoms. The molecule has 0 aromatic carbocycles. The third-order valence-corrected chi connectivity index (χ3v) is 6.13. The minimum atomic E-state index is -3.03. The van der Waals surface area contributed by atoms with Crippen LogP contribution in [0, 0.1) is 5.92 Å². The monoisotopic (exact) mass is 247 g/mol. The Labute approximate surface area is 97.7 Å². The van der Waals surface area contributed by atoms with Crippen molar-refractivity contribution in [3.63, 3.8) is 0 Å². The Kier molecular flexibility index (Phi) is 3.29. The normalized spacial score (nSPS) is 48.1. The van der Waals surface area contributed by atoms with Gasteiger partial charge in [-0.1, -0.05) is 6.92 Å². The van der Waals surface area contributed by atoms with E-state index in [0.717, 1.165) is 13.0 Å². The molecule has 5 unspecified atom stereocenters. The van der Waals surface area contributed by atoms with Gasteiger partial charge in [-0.05, 0) is 32.7 Å². The zero-order valence-electron chi connectivity index (χ0n) is 10.1. The maximum atomic E-state index is 12.2. The molecule has 0 amide bonds. The van der Waals surface area contributed by atoms with Crippen LogP contribution >= 0.6 is 0 Å². The van der Waals surface area contributed by atoms with Crippen molar-refractivity contribution in [2.24, 2.45) is 5.92 Å². The van der Waals surface area contributed by atoms with Crippen LogP contribution in [0.15, 0.2) is 0 Å². The van der Waals surface area contributed by atoms with E-state index in [9.17, 15) is 8.42 Å². The van der Waals surface area contributed by atoms with E-state index in [1.165, 1.54) is 0 Å². The van der Waals surface area contributed by atoms with Gasteiger partial charge in [0.2, 0.25) is 0 Å². The highest BCUT2D eigenvalue weighted by Gasteiger charge is 2.45. The second kappa shape index (κ2) is 4.27. The van der Waals surface area contributed by atoms with Crippen LogP contribution in [0.5, 0.6) is 0 Å². The van der Waals surface area contributed by atoms with Gasteiger partial charge in [0.1, 0.15) is 5.25 Å². The third-order valence-electron chi connectivity index (χ3n) is 3.55. The van der Waals surface area contributed by atoms with Gasteiger partial charge in [0.15, 0.2) is 9.84 Å². The molecule has 0 aromatic rings. The predicted molar refractivity (Wildman–Crippen MR) is 63.2 cm³/mol. The van der Waals surface area contributed by atoms with E-state index >= 15 is 0 Å². The lowest BCUT2D eigenvalue weighted by Crippen LogP contribution is -2.55. The van der Waals surface area contributed by atoms with E-state index in [4.69, 9.17) is 4.74 Å². The first-order valence-electron chi connectivity index (χ1n) is 6.00. The Bertz CT molecular complexity index is 354. The Morgan fingerprint density at radius 3 is 2.62 bits per heavy atom. The summed E-state index contributed by atoms with van der Waals surface area (Å²) in [7, 11) is -3.03. The van der Waals surface area contributed by atoms with Crippen LogP contribution in [0.3, 0.4) is 0 Å². The van der Waals surface area contributed by atoms with Gasteiger partial charge in [-0.3, -0.25) is 0 Å². The Balaban J connectivity index is 2.30. The van der Waals surface area contributed by atoms with E-state index in [2.05, 4.69) is 5.32 Å². The maximum Gasteiger partial charge on any atom is 0.157 e. The van der Waals surface area contributed by atoms with Crippen LogP contribution in [0.4, 0.5) is 0 Å². The maximum absolute atomic E-state index is 12.2. The van der Waals surface area contributed by atoms with Crippen LogP contribution in [-0.4, -0.2) is 44.2 Å². The van der Waals surface area contributed by atoms with E-state index < -0.39 is 9.84 Å². The SMILES string of the molecule is CC1CNC2CC(C)OC(C)C2S(=O)(=O)C1. The Morgan fingerprint density at radius 2 is 1.94 bits per heavy atom. The fourth-order valence-corrected chi connectivity index (χ4v) is 5.47. The Hall–Kier alpha value is -0.130. The molecule has 2 rings (SSSR count). The first-order valence-corrected chi connectivity index (χ1v) is 7.72. The summed E-state index contributed by atoms with van der Waals surface area (Å²) < 4.78 is 30.1. The van der Waals surface area contributed by atoms with Gasteiger partial charge in [0.25, 0.3) is 0 Å². The summed E-state index contributed by atoms with van der Waals surface area (Å²) in [5, 5.41) is 3.02. The summed E-state index contributed by atoms with van der Waals surface area (Å²) in [5.74, 6) is 0.474. The lowest BCUT2D eigenvalue weighted by Gasteiger charge is -2.38. The molecule has 94 valence electrons. The van der Waals surface area contributed by atoms with Crippen LogP contribution in [0.2, 0.25) is 0 Å². The Morgan fingerprint density at radius 1 is 1.25 bits per heavy atom. The molecule has 0 radical (unpaired) electrons. The van der Waals surface area contributed by atoms with E-state index in [1.807, 2.05) is 20.8 Å². The molecule has 16 heavy (non-hydrogen) atoms. The number of nitrogens with one attached hydrogen (secondary N) is 1. The lowest BCUT2D eigenvalue weighted by atomic mass is 9.99. The molecule has 2 fully saturated rings. The summed E-state index contributed by atoms with van der Waals surface area (Å²) >= 11 is 0. The van der Waals surface area contributed by atoms with Crippen molar-refractivity contribution in [2.45, 2.75) is 50.7 Å². The number of rotatable bonds is 0. The predicted octanol–water partition coefficient (Wildman–Crippen LogP) is 0.575. The standard InChI is InChI=1S/C11H21NO3S/c1-7-5-12-10-4-8(2)15-9(3)11(10)16(13,14)6-7/h7-12H,4-6H2,1-3H3. The van der Waals surface area contributed by atoms with Crippen LogP contribution in [0.25, 0.3) is 0 Å². The van der Waals surface area contributed by atoms with Gasteiger partial charge in [0.05, 0.1) is 18.0 Å². The van der Waals surface area contributed by atoms with E-state index in [0.29, 0.717) is 0 Å². The molecule has 1 N–H and O–H groups in total. The molecule has 4 nitrogen and oxygen atoms in total. The van der Waals surface area contributed by atoms with Crippen LogP contribution in [-0.2, 0) is 14.6 Å². The van der Waals surface area contributed by atoms with Crippen molar-refractivity contribution in [3.05, 3.63) is 0 Å². The van der Waals surface area contributed by atoms with Crippen molar-refractivity contribution in [1.82, 2.24) is 5.32 Å². The van der Waals surface area contributed by atoms with Crippen molar-refractivity contribution in [2.75, 3.05) is 12.3 Å². The zero-order chi connectivity index (χ0) is 11.9. The fraction of sp³-hybridized carbons (Fsp3) is 1.00. The molecule has 2 saturated heterocycles. The molecule has 0 saturated carbocycles. The minimum Gasteiger partial charge on any atom is -0.374 e. The molecular weight excluding hydrogens is 226 g/mol. The van der Waals surface area contributed by atoms with E-state index in [-0.39, 0.29) is 35.2 Å². The smallest absolute Gasteiger partial charge is 0.157 e. The van der Waals surface area contributed by atoms with Crippen LogP contribution < -0.4 is 5.32 Å². The first-order chi connectivity index (χ1) is 7.40. The van der Waals surface area contributed by atoms with Gasteiger partial charge in [0, 0.05) is 6.04 Å². The van der Waals surface area contributed by atoms with Crippen molar-refractivity contribution < 1.29 is 13.2 Å². The molecule has 5 heteroatoms. The van der Waals surface area contributed by atoms with Gasteiger partial charge in [-0.25, -0.2) is 8.42 Å². The van der Waals surface area contributed by atoms with Crippen molar-refractivity contribution in [1.29, 1.82) is 0 Å². The topological polar surface area (TPSA) is 55.4 Å². The summed E-state index contributed by atoms with van der Waals surface area (Å²) in [5.41, 5.74) is 0. The highest BCUT2D eigenvalue weighted by atomic mass is 32.2. The number of hydrogen-bond donors (Lipinski definition) is 1. The summed E-state index contributed by atoms with van der Waals surface area (Å²) in [6.07, 6.45) is 0.741. The number of fused-ring (bicyclic) bond motifs is 1. The molecule has 5 atom stereocenters. The molecule has 0 aliphatic carbocycles. The molecule has 0 aromatic heterocycles.